The van der Waals surface area contributed by atoms with E-state index in [9.17, 15) is 10.0 Å². The standard InChI is InChI=1S/C16H17BN2O2.C2H6/c1-3-8-12(4-2)16-18-14(11-15(19-16)17(20)21)13-9-6-5-7-10-13;1-2/h3-11,20-21H,1-2H3;1-2H3/b8-3-,12-4+;. The molecule has 1 aromatic carbocycles. The molecule has 23 heavy (non-hydrogen) atoms. The van der Waals surface area contributed by atoms with Crippen molar-refractivity contribution in [3.05, 3.63) is 60.5 Å². The van der Waals surface area contributed by atoms with E-state index in [-0.39, 0.29) is 5.59 Å². The van der Waals surface area contributed by atoms with Crippen LogP contribution in [-0.4, -0.2) is 27.1 Å². The molecular weight excluding hydrogens is 287 g/mol. The Balaban J connectivity index is 0.00000127. The molecule has 2 rings (SSSR count). The van der Waals surface area contributed by atoms with Gasteiger partial charge >= 0.3 is 7.12 Å². The van der Waals surface area contributed by atoms with Crippen molar-refractivity contribution < 1.29 is 10.0 Å². The average molecular weight is 310 g/mol. The Labute approximate surface area is 138 Å². The van der Waals surface area contributed by atoms with Crippen LogP contribution in [0.15, 0.2) is 54.6 Å². The van der Waals surface area contributed by atoms with Gasteiger partial charge in [-0.3, -0.25) is 0 Å². The fraction of sp³-hybridized carbons (Fsp3) is 0.222. The van der Waals surface area contributed by atoms with Gasteiger partial charge in [-0.25, -0.2) is 9.97 Å². The molecule has 0 unspecified atom stereocenters. The first-order valence-corrected chi connectivity index (χ1v) is 7.75. The Kier molecular flexibility index (Phi) is 7.95. The zero-order chi connectivity index (χ0) is 17.2. The Morgan fingerprint density at radius 1 is 1.04 bits per heavy atom. The SMILES string of the molecule is C/C=C\C(=C/C)c1nc(B(O)O)cc(-c2ccccc2)n1.CC. The molecule has 0 aliphatic rings. The van der Waals surface area contributed by atoms with E-state index in [1.165, 1.54) is 0 Å². The third kappa shape index (κ3) is 5.16. The van der Waals surface area contributed by atoms with E-state index in [0.717, 1.165) is 11.1 Å². The smallest absolute Gasteiger partial charge is 0.422 e. The molecule has 0 amide bonds. The number of hydrogen-bond donors (Lipinski definition) is 2. The Hall–Kier alpha value is -2.24. The Bertz CT molecular complexity index is 668. The van der Waals surface area contributed by atoms with Gasteiger partial charge in [-0.1, -0.05) is 62.4 Å². The lowest BCUT2D eigenvalue weighted by Gasteiger charge is -2.08. The van der Waals surface area contributed by atoms with Gasteiger partial charge in [0.25, 0.3) is 0 Å². The summed E-state index contributed by atoms with van der Waals surface area (Å²) in [5, 5.41) is 18.9. The minimum absolute atomic E-state index is 0.183. The quantitative estimate of drug-likeness (QED) is 0.673. The molecule has 0 aliphatic carbocycles. The molecule has 120 valence electrons. The molecule has 0 fully saturated rings. The first kappa shape index (κ1) is 18.8. The van der Waals surface area contributed by atoms with E-state index in [1.54, 1.807) is 6.07 Å². The van der Waals surface area contributed by atoms with Crippen LogP contribution in [0.25, 0.3) is 16.8 Å². The number of rotatable bonds is 4. The van der Waals surface area contributed by atoms with E-state index < -0.39 is 7.12 Å². The number of aromatic nitrogens is 2. The van der Waals surface area contributed by atoms with Crippen LogP contribution in [-0.2, 0) is 0 Å². The van der Waals surface area contributed by atoms with E-state index in [1.807, 2.05) is 76.3 Å². The predicted molar refractivity (Wildman–Crippen MR) is 97.1 cm³/mol. The molecule has 5 heteroatoms. The van der Waals surface area contributed by atoms with Crippen LogP contribution in [0.5, 0.6) is 0 Å². The highest BCUT2D eigenvalue weighted by molar-refractivity contribution is 6.57. The second-order valence-corrected chi connectivity index (χ2v) is 4.49. The predicted octanol–water partition coefficient (Wildman–Crippen LogP) is 2.83. The maximum absolute atomic E-state index is 9.43. The number of allylic oxidation sites excluding steroid dienone is 4. The van der Waals surface area contributed by atoms with Crippen molar-refractivity contribution in [3.8, 4) is 11.3 Å². The molecule has 0 saturated heterocycles. The largest absolute Gasteiger partial charge is 0.508 e. The molecule has 0 radical (unpaired) electrons. The van der Waals surface area contributed by atoms with Crippen LogP contribution in [0, 0.1) is 0 Å². The summed E-state index contributed by atoms with van der Waals surface area (Å²) in [6.45, 7) is 7.80. The van der Waals surface area contributed by atoms with Crippen molar-refractivity contribution in [2.45, 2.75) is 27.7 Å². The van der Waals surface area contributed by atoms with Crippen LogP contribution in [0.3, 0.4) is 0 Å². The van der Waals surface area contributed by atoms with Gasteiger partial charge in [0.15, 0.2) is 5.82 Å². The monoisotopic (exact) mass is 310 g/mol. The summed E-state index contributed by atoms with van der Waals surface area (Å²) in [6, 6.07) is 11.2. The van der Waals surface area contributed by atoms with E-state index in [2.05, 4.69) is 9.97 Å². The molecule has 2 N–H and O–H groups in total. The van der Waals surface area contributed by atoms with Gasteiger partial charge in [-0.05, 0) is 19.9 Å². The summed E-state index contributed by atoms with van der Waals surface area (Å²) in [6.07, 6.45) is 5.66. The Morgan fingerprint density at radius 3 is 2.22 bits per heavy atom. The van der Waals surface area contributed by atoms with Crippen LogP contribution < -0.4 is 5.59 Å². The van der Waals surface area contributed by atoms with Crippen molar-refractivity contribution in [2.24, 2.45) is 0 Å². The summed E-state index contributed by atoms with van der Waals surface area (Å²) in [7, 11) is -1.63. The molecule has 0 saturated carbocycles. The number of benzene rings is 1. The van der Waals surface area contributed by atoms with E-state index >= 15 is 0 Å². The van der Waals surface area contributed by atoms with Gasteiger partial charge < -0.3 is 10.0 Å². The maximum atomic E-state index is 9.43. The summed E-state index contributed by atoms with van der Waals surface area (Å²) in [4.78, 5) is 8.74. The fourth-order valence-corrected chi connectivity index (χ4v) is 1.96. The highest BCUT2D eigenvalue weighted by Crippen LogP contribution is 2.18. The van der Waals surface area contributed by atoms with Crippen molar-refractivity contribution >= 4 is 18.3 Å². The lowest BCUT2D eigenvalue weighted by Crippen LogP contribution is -2.34. The zero-order valence-electron chi connectivity index (χ0n) is 14.1. The Morgan fingerprint density at radius 2 is 1.70 bits per heavy atom. The second kappa shape index (κ2) is 9.72. The first-order chi connectivity index (χ1) is 11.2. The maximum Gasteiger partial charge on any atom is 0.508 e. The summed E-state index contributed by atoms with van der Waals surface area (Å²) >= 11 is 0. The lowest BCUT2D eigenvalue weighted by molar-refractivity contribution is 0.424. The molecule has 2 aromatic rings. The summed E-state index contributed by atoms with van der Waals surface area (Å²) in [5.41, 5.74) is 2.58. The topological polar surface area (TPSA) is 66.2 Å². The first-order valence-electron chi connectivity index (χ1n) is 7.75. The highest BCUT2D eigenvalue weighted by Gasteiger charge is 2.17. The fourth-order valence-electron chi connectivity index (χ4n) is 1.96. The molecular formula is C18H23BN2O2. The molecule has 0 bridgehead atoms. The number of hydrogen-bond acceptors (Lipinski definition) is 4. The van der Waals surface area contributed by atoms with Gasteiger partial charge in [-0.15, -0.1) is 0 Å². The van der Waals surface area contributed by atoms with Crippen molar-refractivity contribution in [3.63, 3.8) is 0 Å². The van der Waals surface area contributed by atoms with Gasteiger partial charge in [-0.2, -0.15) is 0 Å². The van der Waals surface area contributed by atoms with Crippen LogP contribution in [0.2, 0.25) is 0 Å². The molecule has 0 spiro atoms. The molecule has 1 aromatic heterocycles. The molecule has 0 aliphatic heterocycles. The average Bonchev–Trinajstić information content (AvgIpc) is 2.61. The van der Waals surface area contributed by atoms with E-state index in [4.69, 9.17) is 0 Å². The van der Waals surface area contributed by atoms with Gasteiger partial charge in [0.2, 0.25) is 0 Å². The molecule has 1 heterocycles. The van der Waals surface area contributed by atoms with Crippen molar-refractivity contribution in [2.75, 3.05) is 0 Å². The number of nitrogens with zero attached hydrogens (tertiary/aromatic N) is 2. The normalized spacial score (nSPS) is 11.1. The summed E-state index contributed by atoms with van der Waals surface area (Å²) < 4.78 is 0. The minimum Gasteiger partial charge on any atom is -0.422 e. The molecule has 4 nitrogen and oxygen atoms in total. The van der Waals surface area contributed by atoms with Gasteiger partial charge in [0, 0.05) is 11.1 Å². The third-order valence-corrected chi connectivity index (χ3v) is 3.00. The van der Waals surface area contributed by atoms with Gasteiger partial charge in [0.05, 0.1) is 11.3 Å². The van der Waals surface area contributed by atoms with Crippen molar-refractivity contribution in [1.82, 2.24) is 9.97 Å². The lowest BCUT2D eigenvalue weighted by atomic mass is 9.85. The van der Waals surface area contributed by atoms with Gasteiger partial charge in [0.1, 0.15) is 0 Å². The van der Waals surface area contributed by atoms with Crippen LogP contribution in [0.4, 0.5) is 0 Å². The van der Waals surface area contributed by atoms with Crippen molar-refractivity contribution in [1.29, 1.82) is 0 Å². The second-order valence-electron chi connectivity index (χ2n) is 4.49. The summed E-state index contributed by atoms with van der Waals surface area (Å²) in [5.74, 6) is 0.472. The highest BCUT2D eigenvalue weighted by atomic mass is 16.4. The molecule has 0 atom stereocenters. The third-order valence-electron chi connectivity index (χ3n) is 3.00. The minimum atomic E-state index is -1.63. The zero-order valence-corrected chi connectivity index (χ0v) is 14.1. The van der Waals surface area contributed by atoms with Crippen LogP contribution >= 0.6 is 0 Å². The van der Waals surface area contributed by atoms with Crippen LogP contribution in [0.1, 0.15) is 33.5 Å². The van der Waals surface area contributed by atoms with E-state index in [0.29, 0.717) is 11.5 Å².